The lowest BCUT2D eigenvalue weighted by Gasteiger charge is -2.21. The van der Waals surface area contributed by atoms with Gasteiger partial charge in [-0.3, -0.25) is 4.79 Å². The maximum Gasteiger partial charge on any atom is 0.234 e. The predicted octanol–water partition coefficient (Wildman–Crippen LogP) is 4.55. The van der Waals surface area contributed by atoms with Crippen molar-refractivity contribution in [2.24, 2.45) is 5.92 Å². The summed E-state index contributed by atoms with van der Waals surface area (Å²) in [5, 5.41) is 12.5. The molecule has 0 bridgehead atoms. The average molecular weight is 403 g/mol. The molecule has 0 saturated heterocycles. The quantitative estimate of drug-likeness (QED) is 0.623. The van der Waals surface area contributed by atoms with E-state index < -0.39 is 0 Å². The van der Waals surface area contributed by atoms with Crippen molar-refractivity contribution in [2.45, 2.75) is 63.6 Å². The maximum absolute atomic E-state index is 12.3. The summed E-state index contributed by atoms with van der Waals surface area (Å²) < 4.78 is 7.42. The molecule has 1 aromatic heterocycles. The number of rotatable bonds is 9. The summed E-state index contributed by atoms with van der Waals surface area (Å²) in [6.45, 7) is 2.93. The molecule has 2 aromatic rings. The predicted molar refractivity (Wildman–Crippen MR) is 113 cm³/mol. The Balaban J connectivity index is 1.53. The van der Waals surface area contributed by atoms with Gasteiger partial charge in [-0.05, 0) is 31.4 Å². The van der Waals surface area contributed by atoms with Crippen LogP contribution in [0.5, 0.6) is 5.75 Å². The van der Waals surface area contributed by atoms with E-state index in [0.717, 1.165) is 29.9 Å². The first-order valence-electron chi connectivity index (χ1n) is 10.2. The van der Waals surface area contributed by atoms with Crippen LogP contribution in [0.2, 0.25) is 0 Å². The third kappa shape index (κ3) is 5.50. The van der Waals surface area contributed by atoms with Crippen molar-refractivity contribution < 1.29 is 9.53 Å². The van der Waals surface area contributed by atoms with Gasteiger partial charge in [0.15, 0.2) is 5.16 Å². The van der Waals surface area contributed by atoms with Gasteiger partial charge in [0.1, 0.15) is 11.6 Å². The number of methoxy groups -OCH3 is 1. The van der Waals surface area contributed by atoms with Gasteiger partial charge in [-0.1, -0.05) is 56.0 Å². The Kier molecular flexibility index (Phi) is 7.77. The van der Waals surface area contributed by atoms with Gasteiger partial charge < -0.3 is 14.6 Å². The van der Waals surface area contributed by atoms with Gasteiger partial charge in [-0.25, -0.2) is 0 Å². The number of aromatic nitrogens is 3. The number of benzene rings is 1. The molecule has 1 aromatic carbocycles. The normalized spacial score (nSPS) is 14.8. The van der Waals surface area contributed by atoms with Crippen molar-refractivity contribution in [3.8, 4) is 5.75 Å². The van der Waals surface area contributed by atoms with Crippen LogP contribution in [0.25, 0.3) is 0 Å². The fourth-order valence-corrected chi connectivity index (χ4v) is 4.62. The van der Waals surface area contributed by atoms with Crippen molar-refractivity contribution in [1.29, 1.82) is 0 Å². The lowest BCUT2D eigenvalue weighted by molar-refractivity contribution is -0.113. The molecule has 1 saturated carbocycles. The summed E-state index contributed by atoms with van der Waals surface area (Å²) in [6.07, 6.45) is 8.99. The van der Waals surface area contributed by atoms with Crippen molar-refractivity contribution in [3.05, 3.63) is 30.1 Å². The topological polar surface area (TPSA) is 69.0 Å². The number of aryl methyl sites for hydroxylation is 1. The molecule has 152 valence electrons. The second kappa shape index (κ2) is 10.5. The average Bonchev–Trinajstić information content (AvgIpc) is 3.13. The van der Waals surface area contributed by atoms with Crippen LogP contribution in [0, 0.1) is 5.92 Å². The number of hydrogen-bond donors (Lipinski definition) is 1. The van der Waals surface area contributed by atoms with Crippen LogP contribution in [0.1, 0.15) is 51.3 Å². The molecule has 6 nitrogen and oxygen atoms in total. The highest BCUT2D eigenvalue weighted by Gasteiger charge is 2.17. The van der Waals surface area contributed by atoms with Crippen LogP contribution >= 0.6 is 11.8 Å². The third-order valence-corrected chi connectivity index (χ3v) is 6.29. The van der Waals surface area contributed by atoms with E-state index in [1.807, 2.05) is 24.3 Å². The Hall–Kier alpha value is -2.02. The van der Waals surface area contributed by atoms with Crippen molar-refractivity contribution >= 4 is 23.4 Å². The van der Waals surface area contributed by atoms with Crippen molar-refractivity contribution in [2.75, 3.05) is 18.2 Å². The van der Waals surface area contributed by atoms with E-state index in [4.69, 9.17) is 4.74 Å². The van der Waals surface area contributed by atoms with Gasteiger partial charge in [-0.2, -0.15) is 0 Å². The molecule has 1 aliphatic rings. The first kappa shape index (κ1) is 20.7. The molecule has 0 atom stereocenters. The summed E-state index contributed by atoms with van der Waals surface area (Å²) in [5.74, 6) is 2.74. The molecule has 3 rings (SSSR count). The molecule has 1 N–H and O–H groups in total. The van der Waals surface area contributed by atoms with E-state index in [0.29, 0.717) is 17.2 Å². The zero-order chi connectivity index (χ0) is 19.8. The molecule has 1 heterocycles. The van der Waals surface area contributed by atoms with Crippen LogP contribution in [-0.4, -0.2) is 33.5 Å². The first-order valence-corrected chi connectivity index (χ1v) is 11.2. The fraction of sp³-hybridized carbons (Fsp3) is 0.571. The fourth-order valence-electron chi connectivity index (χ4n) is 3.80. The number of nitrogens with one attached hydrogen (secondary N) is 1. The molecule has 7 heteroatoms. The molecular weight excluding hydrogens is 372 g/mol. The van der Waals surface area contributed by atoms with E-state index >= 15 is 0 Å². The molecule has 28 heavy (non-hydrogen) atoms. The molecule has 1 fully saturated rings. The number of carbonyl (C=O) groups is 1. The zero-order valence-electron chi connectivity index (χ0n) is 16.8. The van der Waals surface area contributed by atoms with E-state index in [-0.39, 0.29) is 5.91 Å². The Morgan fingerprint density at radius 2 is 2.04 bits per heavy atom. The number of para-hydroxylation sites is 2. The largest absolute Gasteiger partial charge is 0.495 e. The number of anilines is 1. The number of ether oxygens (including phenoxy) is 1. The second-order valence-corrected chi connectivity index (χ2v) is 8.17. The lowest BCUT2D eigenvalue weighted by Crippen LogP contribution is -2.15. The summed E-state index contributed by atoms with van der Waals surface area (Å²) in [6, 6.07) is 7.41. The van der Waals surface area contributed by atoms with Crippen LogP contribution in [0.4, 0.5) is 5.69 Å². The SMILES string of the molecule is CCn1c(CCC2CCCCC2)nnc1SCC(=O)Nc1ccccc1OC. The highest BCUT2D eigenvalue weighted by Crippen LogP contribution is 2.28. The number of nitrogens with zero attached hydrogens (tertiary/aromatic N) is 3. The Bertz CT molecular complexity index is 772. The molecule has 0 aliphatic heterocycles. The van der Waals surface area contributed by atoms with Crippen LogP contribution in [0.3, 0.4) is 0 Å². The summed E-state index contributed by atoms with van der Waals surface area (Å²) >= 11 is 1.43. The first-order chi connectivity index (χ1) is 13.7. The Morgan fingerprint density at radius 3 is 2.79 bits per heavy atom. The second-order valence-electron chi connectivity index (χ2n) is 7.22. The van der Waals surface area contributed by atoms with Gasteiger partial charge in [0.05, 0.1) is 18.6 Å². The van der Waals surface area contributed by atoms with Crippen molar-refractivity contribution in [3.63, 3.8) is 0 Å². The number of carbonyl (C=O) groups excluding carboxylic acids is 1. The molecular formula is C21H30N4O2S. The molecule has 0 unspecified atom stereocenters. The summed E-state index contributed by atoms with van der Waals surface area (Å²) in [4.78, 5) is 12.3. The van der Waals surface area contributed by atoms with Gasteiger partial charge in [-0.15, -0.1) is 10.2 Å². The standard InChI is InChI=1S/C21H30N4O2S/c1-3-25-19(14-13-16-9-5-4-6-10-16)23-24-21(25)28-15-20(26)22-17-11-7-8-12-18(17)27-2/h7-8,11-12,16H,3-6,9-10,13-15H2,1-2H3,(H,22,26). The van der Waals surface area contributed by atoms with Crippen LogP contribution in [-0.2, 0) is 17.8 Å². The summed E-state index contributed by atoms with van der Waals surface area (Å²) in [7, 11) is 1.60. The van der Waals surface area contributed by atoms with E-state index in [2.05, 4.69) is 27.0 Å². The molecule has 1 aliphatic carbocycles. The number of hydrogen-bond acceptors (Lipinski definition) is 5. The van der Waals surface area contributed by atoms with Gasteiger partial charge in [0.25, 0.3) is 0 Å². The van der Waals surface area contributed by atoms with Gasteiger partial charge in [0.2, 0.25) is 5.91 Å². The smallest absolute Gasteiger partial charge is 0.234 e. The number of thioether (sulfide) groups is 1. The minimum absolute atomic E-state index is 0.0797. The minimum Gasteiger partial charge on any atom is -0.495 e. The van der Waals surface area contributed by atoms with Crippen LogP contribution < -0.4 is 10.1 Å². The number of amides is 1. The highest BCUT2D eigenvalue weighted by molar-refractivity contribution is 7.99. The van der Waals surface area contributed by atoms with Crippen LogP contribution in [0.15, 0.2) is 29.4 Å². The molecule has 0 radical (unpaired) electrons. The maximum atomic E-state index is 12.3. The monoisotopic (exact) mass is 402 g/mol. The zero-order valence-corrected chi connectivity index (χ0v) is 17.6. The molecule has 1 amide bonds. The van der Waals surface area contributed by atoms with E-state index in [9.17, 15) is 4.79 Å². The van der Waals surface area contributed by atoms with Gasteiger partial charge in [0, 0.05) is 13.0 Å². The minimum atomic E-state index is -0.0797. The summed E-state index contributed by atoms with van der Waals surface area (Å²) in [5.41, 5.74) is 0.681. The van der Waals surface area contributed by atoms with Gasteiger partial charge >= 0.3 is 0 Å². The van der Waals surface area contributed by atoms with Crippen molar-refractivity contribution in [1.82, 2.24) is 14.8 Å². The Labute approximate surface area is 171 Å². The highest BCUT2D eigenvalue weighted by atomic mass is 32.2. The van der Waals surface area contributed by atoms with E-state index in [1.165, 1.54) is 50.3 Å². The molecule has 0 spiro atoms. The van der Waals surface area contributed by atoms with E-state index in [1.54, 1.807) is 7.11 Å². The Morgan fingerprint density at radius 1 is 1.25 bits per heavy atom. The third-order valence-electron chi connectivity index (χ3n) is 5.32. The lowest BCUT2D eigenvalue weighted by atomic mass is 9.86.